The molecular weight excluding hydrogens is 394 g/mol. The number of carboxylic acids is 1. The standard InChI is InChI=1S/C22H24FO5P/c1-14-9-15(2)19(20(10-14)17-6-7-21(23)16(3)11-17)5-4-8-28-29(27)13-18(24)12-22(25)26/h4-7,9-11,18,24H,8,12-13H2,1-3H3/p+1/t18-/m1/s1. The van der Waals surface area contributed by atoms with E-state index in [1.165, 1.54) is 6.07 Å². The van der Waals surface area contributed by atoms with E-state index < -0.39 is 26.5 Å². The van der Waals surface area contributed by atoms with Gasteiger partial charge in [-0.25, -0.2) is 4.39 Å². The van der Waals surface area contributed by atoms with Gasteiger partial charge in [-0.3, -0.25) is 4.79 Å². The van der Waals surface area contributed by atoms with Crippen molar-refractivity contribution < 1.29 is 28.5 Å². The van der Waals surface area contributed by atoms with Crippen LogP contribution in [0.25, 0.3) is 17.2 Å². The first-order valence-electron chi connectivity index (χ1n) is 9.19. The summed E-state index contributed by atoms with van der Waals surface area (Å²) in [5, 5.41) is 18.1. The fraction of sp³-hybridized carbons (Fsp3) is 0.318. The van der Waals surface area contributed by atoms with E-state index in [1.54, 1.807) is 25.1 Å². The smallest absolute Gasteiger partial charge is 0.481 e. The van der Waals surface area contributed by atoms with Crippen LogP contribution in [0, 0.1) is 26.6 Å². The van der Waals surface area contributed by atoms with Gasteiger partial charge in [-0.1, -0.05) is 35.9 Å². The van der Waals surface area contributed by atoms with Crippen LogP contribution in [0.5, 0.6) is 0 Å². The lowest BCUT2D eigenvalue weighted by Crippen LogP contribution is -2.15. The predicted molar refractivity (Wildman–Crippen MR) is 112 cm³/mol. The molecular formula is C22H25FO5P+. The van der Waals surface area contributed by atoms with Gasteiger partial charge in [0.15, 0.2) is 0 Å². The van der Waals surface area contributed by atoms with E-state index in [0.717, 1.165) is 27.8 Å². The molecule has 0 spiro atoms. The Kier molecular flexibility index (Phi) is 8.21. The Labute approximate surface area is 170 Å². The minimum absolute atomic E-state index is 0.0597. The normalized spacial score (nSPS) is 12.9. The first kappa shape index (κ1) is 22.9. The van der Waals surface area contributed by atoms with Gasteiger partial charge >= 0.3 is 14.0 Å². The molecule has 0 bridgehead atoms. The molecule has 5 nitrogen and oxygen atoms in total. The summed E-state index contributed by atoms with van der Waals surface area (Å²) >= 11 is 0. The van der Waals surface area contributed by atoms with Crippen LogP contribution in [0.2, 0.25) is 0 Å². The molecule has 0 saturated heterocycles. The number of rotatable bonds is 9. The van der Waals surface area contributed by atoms with Crippen LogP contribution in [0.15, 0.2) is 36.4 Å². The number of halogens is 1. The summed E-state index contributed by atoms with van der Waals surface area (Å²) in [7, 11) is -2.16. The fourth-order valence-corrected chi connectivity index (χ4v) is 3.87. The molecule has 0 aliphatic rings. The van der Waals surface area contributed by atoms with Gasteiger partial charge in [0.05, 0.1) is 6.42 Å². The van der Waals surface area contributed by atoms with Crippen LogP contribution in [0.4, 0.5) is 4.39 Å². The summed E-state index contributed by atoms with van der Waals surface area (Å²) < 4.78 is 30.6. The summed E-state index contributed by atoms with van der Waals surface area (Å²) in [6.07, 6.45) is 1.68. The summed E-state index contributed by atoms with van der Waals surface area (Å²) in [4.78, 5) is 10.5. The Bertz CT molecular complexity index is 939. The third-order valence-corrected chi connectivity index (χ3v) is 5.53. The second-order valence-corrected chi connectivity index (χ2v) is 8.26. The molecule has 29 heavy (non-hydrogen) atoms. The van der Waals surface area contributed by atoms with Crippen LogP contribution in [-0.2, 0) is 13.9 Å². The van der Waals surface area contributed by atoms with E-state index in [4.69, 9.17) is 9.63 Å². The maximum Gasteiger partial charge on any atom is 0.511 e. The second kappa shape index (κ2) is 10.4. The average molecular weight is 419 g/mol. The third kappa shape index (κ3) is 6.86. The lowest BCUT2D eigenvalue weighted by molar-refractivity contribution is -0.138. The number of aliphatic carboxylic acids is 1. The topological polar surface area (TPSA) is 83.8 Å². The molecule has 154 valence electrons. The largest absolute Gasteiger partial charge is 0.511 e. The number of aryl methyl sites for hydroxylation is 3. The van der Waals surface area contributed by atoms with Crippen LogP contribution in [0.3, 0.4) is 0 Å². The van der Waals surface area contributed by atoms with Crippen molar-refractivity contribution in [3.63, 3.8) is 0 Å². The molecule has 2 atom stereocenters. The van der Waals surface area contributed by atoms with Gasteiger partial charge in [0.25, 0.3) is 0 Å². The SMILES string of the molecule is Cc1cc(C)c(C=CCO[P+](=O)C[C@H](O)CC(=O)O)c(-c2ccc(F)c(C)c2)c1. The van der Waals surface area contributed by atoms with Crippen molar-refractivity contribution in [2.24, 2.45) is 0 Å². The number of hydrogen-bond acceptors (Lipinski definition) is 4. The van der Waals surface area contributed by atoms with E-state index in [1.807, 2.05) is 32.1 Å². The van der Waals surface area contributed by atoms with Crippen LogP contribution in [0.1, 0.15) is 28.7 Å². The van der Waals surface area contributed by atoms with Gasteiger partial charge in [0.2, 0.25) is 6.16 Å². The molecule has 0 saturated carbocycles. The minimum atomic E-state index is -2.16. The molecule has 7 heteroatoms. The van der Waals surface area contributed by atoms with Gasteiger partial charge < -0.3 is 10.2 Å². The molecule has 0 amide bonds. The van der Waals surface area contributed by atoms with Crippen molar-refractivity contribution in [3.8, 4) is 11.1 Å². The van der Waals surface area contributed by atoms with E-state index >= 15 is 0 Å². The highest BCUT2D eigenvalue weighted by atomic mass is 31.1. The Hall–Kier alpha value is -2.40. The summed E-state index contributed by atoms with van der Waals surface area (Å²) in [6, 6.07) is 9.07. The molecule has 0 fully saturated rings. The molecule has 0 aromatic heterocycles. The lowest BCUT2D eigenvalue weighted by Gasteiger charge is -2.12. The zero-order valence-corrected chi connectivity index (χ0v) is 17.6. The molecule has 2 N–H and O–H groups in total. The highest BCUT2D eigenvalue weighted by molar-refractivity contribution is 7.39. The highest BCUT2D eigenvalue weighted by Crippen LogP contribution is 2.30. The number of hydrogen-bond donors (Lipinski definition) is 2. The number of aliphatic hydroxyl groups excluding tert-OH is 1. The first-order chi connectivity index (χ1) is 13.7. The molecule has 0 radical (unpaired) electrons. The van der Waals surface area contributed by atoms with Gasteiger partial charge in [-0.15, -0.1) is 4.52 Å². The van der Waals surface area contributed by atoms with Gasteiger partial charge in [0.1, 0.15) is 18.5 Å². The molecule has 1 unspecified atom stereocenters. The second-order valence-electron chi connectivity index (χ2n) is 6.97. The van der Waals surface area contributed by atoms with E-state index in [9.17, 15) is 18.9 Å². The zero-order chi connectivity index (χ0) is 21.6. The molecule has 2 rings (SSSR count). The van der Waals surface area contributed by atoms with Gasteiger partial charge in [0, 0.05) is 0 Å². The maximum atomic E-state index is 13.6. The molecule has 0 aliphatic heterocycles. The summed E-state index contributed by atoms with van der Waals surface area (Å²) in [5.74, 6) is -1.41. The Morgan fingerprint density at radius 3 is 2.59 bits per heavy atom. The third-order valence-electron chi connectivity index (χ3n) is 4.37. The highest BCUT2D eigenvalue weighted by Gasteiger charge is 2.24. The van der Waals surface area contributed by atoms with Crippen molar-refractivity contribution >= 4 is 20.1 Å². The van der Waals surface area contributed by atoms with Gasteiger partial charge in [-0.2, -0.15) is 0 Å². The maximum absolute atomic E-state index is 13.6. The monoisotopic (exact) mass is 419 g/mol. The average Bonchev–Trinajstić information content (AvgIpc) is 2.61. The van der Waals surface area contributed by atoms with Crippen LogP contribution < -0.4 is 0 Å². The lowest BCUT2D eigenvalue weighted by atomic mass is 9.92. The number of carboxylic acid groups (broad SMARTS) is 1. The van der Waals surface area contributed by atoms with Crippen LogP contribution in [-0.4, -0.2) is 35.1 Å². The number of benzene rings is 2. The molecule has 0 heterocycles. The quantitative estimate of drug-likeness (QED) is 0.557. The van der Waals surface area contributed by atoms with Gasteiger partial charge in [-0.05, 0) is 65.3 Å². The Morgan fingerprint density at radius 2 is 1.93 bits per heavy atom. The minimum Gasteiger partial charge on any atom is -0.481 e. The van der Waals surface area contributed by atoms with Crippen molar-refractivity contribution in [2.45, 2.75) is 33.3 Å². The molecule has 2 aromatic carbocycles. The van der Waals surface area contributed by atoms with E-state index in [-0.39, 0.29) is 18.6 Å². The number of aliphatic hydroxyl groups is 1. The van der Waals surface area contributed by atoms with Crippen LogP contribution >= 0.6 is 8.03 Å². The molecule has 0 aliphatic carbocycles. The van der Waals surface area contributed by atoms with Crippen molar-refractivity contribution in [3.05, 3.63) is 64.5 Å². The summed E-state index contributed by atoms with van der Waals surface area (Å²) in [6.45, 7) is 5.76. The van der Waals surface area contributed by atoms with E-state index in [0.29, 0.717) is 5.56 Å². The van der Waals surface area contributed by atoms with E-state index in [2.05, 4.69) is 0 Å². The zero-order valence-electron chi connectivity index (χ0n) is 16.7. The first-order valence-corrected chi connectivity index (χ1v) is 10.6. The Balaban J connectivity index is 2.13. The Morgan fingerprint density at radius 1 is 1.21 bits per heavy atom. The molecule has 2 aromatic rings. The fourth-order valence-electron chi connectivity index (χ4n) is 3.03. The summed E-state index contributed by atoms with van der Waals surface area (Å²) in [5.41, 5.74) is 5.51. The van der Waals surface area contributed by atoms with Crippen molar-refractivity contribution in [2.75, 3.05) is 12.8 Å². The number of carbonyl (C=O) groups is 1. The predicted octanol–water partition coefficient (Wildman–Crippen LogP) is 5.03. The van der Waals surface area contributed by atoms with Crippen molar-refractivity contribution in [1.82, 2.24) is 0 Å². The van der Waals surface area contributed by atoms with Crippen molar-refractivity contribution in [1.29, 1.82) is 0 Å².